The Morgan fingerprint density at radius 2 is 1.39 bits per heavy atom. The monoisotopic (exact) mass is 409 g/mol. The number of hydrogen-bond donors (Lipinski definition) is 2. The molecule has 150 valence electrons. The fraction of sp³-hybridized carbons (Fsp3) is 0.167. The van der Waals surface area contributed by atoms with E-state index in [0.717, 1.165) is 43.6 Å². The van der Waals surface area contributed by atoms with E-state index < -0.39 is 12.3 Å². The van der Waals surface area contributed by atoms with Crippen molar-refractivity contribution >= 4 is 55.4 Å². The van der Waals surface area contributed by atoms with Crippen LogP contribution in [-0.2, 0) is 4.74 Å². The number of rotatable bonds is 0. The van der Waals surface area contributed by atoms with Gasteiger partial charge in [0.15, 0.2) is 6.23 Å². The molecule has 3 atom stereocenters. The van der Waals surface area contributed by atoms with Gasteiger partial charge in [0.25, 0.3) is 11.8 Å². The number of carbonyl (C=O) groups is 2. The van der Waals surface area contributed by atoms with E-state index in [1.165, 1.54) is 0 Å². The number of amides is 2. The highest BCUT2D eigenvalue weighted by molar-refractivity contribution is 6.39. The third-order valence-corrected chi connectivity index (χ3v) is 7.19. The molecule has 0 radical (unpaired) electrons. The zero-order chi connectivity index (χ0) is 20.6. The summed E-state index contributed by atoms with van der Waals surface area (Å²) in [5, 5.41) is 17.1. The molecule has 3 aliphatic rings. The van der Waals surface area contributed by atoms with Gasteiger partial charge in [0.2, 0.25) is 0 Å². The molecule has 2 bridgehead atoms. The van der Waals surface area contributed by atoms with Gasteiger partial charge in [-0.1, -0.05) is 36.4 Å². The van der Waals surface area contributed by atoms with Crippen molar-refractivity contribution in [2.75, 3.05) is 6.61 Å². The first-order valence-corrected chi connectivity index (χ1v) is 10.3. The van der Waals surface area contributed by atoms with Crippen molar-refractivity contribution in [3.8, 4) is 0 Å². The second kappa shape index (κ2) is 4.96. The second-order valence-corrected chi connectivity index (χ2v) is 8.54. The van der Waals surface area contributed by atoms with Crippen molar-refractivity contribution in [3.05, 3.63) is 59.7 Å². The molecule has 2 aromatic heterocycles. The predicted octanol–water partition coefficient (Wildman–Crippen LogP) is 3.23. The molecule has 2 N–H and O–H groups in total. The van der Waals surface area contributed by atoms with Crippen LogP contribution in [0.5, 0.6) is 0 Å². The fourth-order valence-corrected chi connectivity index (χ4v) is 6.08. The highest BCUT2D eigenvalue weighted by Gasteiger charge is 2.46. The molecule has 0 spiro atoms. The Labute approximate surface area is 174 Å². The summed E-state index contributed by atoms with van der Waals surface area (Å²) in [5.74, 6) is -0.745. The molecule has 5 heterocycles. The maximum absolute atomic E-state index is 13.0. The van der Waals surface area contributed by atoms with E-state index in [1.807, 2.05) is 53.1 Å². The highest BCUT2D eigenvalue weighted by Crippen LogP contribution is 2.51. The zero-order valence-electron chi connectivity index (χ0n) is 16.1. The van der Waals surface area contributed by atoms with Gasteiger partial charge in [-0.15, -0.1) is 0 Å². The molecule has 0 aliphatic carbocycles. The first-order valence-electron chi connectivity index (χ1n) is 10.3. The minimum atomic E-state index is -0.759. The van der Waals surface area contributed by atoms with E-state index in [9.17, 15) is 14.7 Å². The number of fused-ring (bicyclic) bond motifs is 13. The van der Waals surface area contributed by atoms with Gasteiger partial charge in [0, 0.05) is 27.1 Å². The third-order valence-electron chi connectivity index (χ3n) is 7.19. The third kappa shape index (κ3) is 1.58. The molecule has 7 heteroatoms. The minimum Gasteiger partial charge on any atom is -0.386 e. The summed E-state index contributed by atoms with van der Waals surface area (Å²) in [6.07, 6.45) is -1.32. The molecule has 0 saturated carbocycles. The van der Waals surface area contributed by atoms with E-state index >= 15 is 0 Å². The predicted molar refractivity (Wildman–Crippen MR) is 114 cm³/mol. The van der Waals surface area contributed by atoms with Crippen LogP contribution in [0, 0.1) is 0 Å². The number of benzene rings is 3. The first-order chi connectivity index (χ1) is 15.2. The molecule has 1 fully saturated rings. The molecule has 7 nitrogen and oxygen atoms in total. The van der Waals surface area contributed by atoms with E-state index in [0.29, 0.717) is 17.7 Å². The van der Waals surface area contributed by atoms with Crippen molar-refractivity contribution in [2.24, 2.45) is 0 Å². The summed E-state index contributed by atoms with van der Waals surface area (Å²) in [6.45, 7) is 0.370. The summed E-state index contributed by atoms with van der Waals surface area (Å²) in [5.41, 5.74) is 4.36. The van der Waals surface area contributed by atoms with Gasteiger partial charge in [0.05, 0.1) is 40.3 Å². The van der Waals surface area contributed by atoms with Crippen LogP contribution < -0.4 is 5.32 Å². The Morgan fingerprint density at radius 3 is 2.03 bits per heavy atom. The van der Waals surface area contributed by atoms with Gasteiger partial charge < -0.3 is 19.0 Å². The van der Waals surface area contributed by atoms with Crippen LogP contribution in [0.3, 0.4) is 0 Å². The van der Waals surface area contributed by atoms with Crippen LogP contribution in [0.15, 0.2) is 48.5 Å². The standard InChI is InChI=1S/C24H15N3O4/c28-21-14-9-31-24(21)27-13-8-4-2-6-11(13)16-18-17(22(29)25-23(18)30)15-10-5-1-3-7-12(10)26(14)19(15)20(16)27/h1-8,14,21,24,28H,9H2,(H,25,29,30)/t14?,21-,24-/m0/s1. The van der Waals surface area contributed by atoms with Crippen molar-refractivity contribution < 1.29 is 19.4 Å². The lowest BCUT2D eigenvalue weighted by molar-refractivity contribution is -0.00420. The van der Waals surface area contributed by atoms with Crippen molar-refractivity contribution in [3.63, 3.8) is 0 Å². The van der Waals surface area contributed by atoms with Crippen LogP contribution in [0.4, 0.5) is 0 Å². The molecule has 31 heavy (non-hydrogen) atoms. The number of hydrogen-bond acceptors (Lipinski definition) is 4. The van der Waals surface area contributed by atoms with Crippen LogP contribution in [0.2, 0.25) is 0 Å². The molecule has 3 aliphatic heterocycles. The molecule has 5 aromatic rings. The Bertz CT molecular complexity index is 1570. The number of imide groups is 1. The Morgan fingerprint density at radius 1 is 0.839 bits per heavy atom. The molecular weight excluding hydrogens is 394 g/mol. The number of nitrogens with zero attached hydrogens (tertiary/aromatic N) is 2. The van der Waals surface area contributed by atoms with Gasteiger partial charge in [0.1, 0.15) is 6.10 Å². The lowest BCUT2D eigenvalue weighted by Crippen LogP contribution is -2.24. The van der Waals surface area contributed by atoms with Crippen molar-refractivity contribution in [1.82, 2.24) is 14.5 Å². The topological polar surface area (TPSA) is 85.5 Å². The van der Waals surface area contributed by atoms with Crippen molar-refractivity contribution in [2.45, 2.75) is 18.4 Å². The van der Waals surface area contributed by atoms with Crippen LogP contribution in [-0.4, -0.2) is 38.8 Å². The van der Waals surface area contributed by atoms with E-state index in [4.69, 9.17) is 4.74 Å². The van der Waals surface area contributed by atoms with Crippen molar-refractivity contribution in [1.29, 1.82) is 0 Å². The number of carbonyl (C=O) groups excluding carboxylic acids is 2. The van der Waals surface area contributed by atoms with Crippen LogP contribution in [0.1, 0.15) is 33.0 Å². The Balaban J connectivity index is 1.82. The normalized spacial score (nSPS) is 24.1. The second-order valence-electron chi connectivity index (χ2n) is 8.54. The van der Waals surface area contributed by atoms with E-state index in [-0.39, 0.29) is 17.9 Å². The summed E-state index contributed by atoms with van der Waals surface area (Å²) < 4.78 is 10.3. The molecule has 2 amide bonds. The van der Waals surface area contributed by atoms with Gasteiger partial charge >= 0.3 is 0 Å². The average molecular weight is 409 g/mol. The summed E-state index contributed by atoms with van der Waals surface area (Å²) in [4.78, 5) is 26.1. The maximum Gasteiger partial charge on any atom is 0.259 e. The lowest BCUT2D eigenvalue weighted by atomic mass is 9.96. The minimum absolute atomic E-state index is 0.285. The quantitative estimate of drug-likeness (QED) is 0.385. The van der Waals surface area contributed by atoms with Gasteiger partial charge in [-0.05, 0) is 12.1 Å². The number of ether oxygens (including phenoxy) is 1. The number of nitrogens with one attached hydrogen (secondary N) is 1. The largest absolute Gasteiger partial charge is 0.386 e. The van der Waals surface area contributed by atoms with Crippen LogP contribution in [0.25, 0.3) is 43.6 Å². The zero-order valence-corrected chi connectivity index (χ0v) is 16.1. The number of aromatic nitrogens is 2. The van der Waals surface area contributed by atoms with Crippen LogP contribution >= 0.6 is 0 Å². The Hall–Kier alpha value is -3.68. The number of aliphatic hydroxyl groups is 1. The molecule has 1 unspecified atom stereocenters. The molecular formula is C24H15N3O4. The summed E-state index contributed by atoms with van der Waals surface area (Å²) >= 11 is 0. The number of para-hydroxylation sites is 2. The summed E-state index contributed by atoms with van der Waals surface area (Å²) in [6, 6.07) is 15.4. The maximum atomic E-state index is 13.0. The SMILES string of the molecule is O=C1NC(=O)c2c1c1c3ccccc3n3c1c1c2c2ccccc2n1[C@H]1OCC3[C@@H]1O. The van der Waals surface area contributed by atoms with Gasteiger partial charge in [-0.2, -0.15) is 0 Å². The van der Waals surface area contributed by atoms with Gasteiger partial charge in [-0.3, -0.25) is 14.9 Å². The van der Waals surface area contributed by atoms with E-state index in [1.54, 1.807) is 0 Å². The van der Waals surface area contributed by atoms with E-state index in [2.05, 4.69) is 9.88 Å². The first kappa shape index (κ1) is 16.1. The highest BCUT2D eigenvalue weighted by atomic mass is 16.5. The fourth-order valence-electron chi connectivity index (χ4n) is 6.08. The molecule has 8 rings (SSSR count). The average Bonchev–Trinajstić information content (AvgIpc) is 3.45. The lowest BCUT2D eigenvalue weighted by Gasteiger charge is -2.19. The number of aliphatic hydroxyl groups excluding tert-OH is 1. The molecule has 1 saturated heterocycles. The molecule has 3 aromatic carbocycles. The van der Waals surface area contributed by atoms with Gasteiger partial charge in [-0.25, -0.2) is 0 Å². The summed E-state index contributed by atoms with van der Waals surface area (Å²) in [7, 11) is 0. The smallest absolute Gasteiger partial charge is 0.259 e. The Kier molecular flexibility index (Phi) is 2.57.